The zero-order valence-corrected chi connectivity index (χ0v) is 11.7. The summed E-state index contributed by atoms with van der Waals surface area (Å²) in [5, 5.41) is 6.73. The highest BCUT2D eigenvalue weighted by atomic mass is 16.5. The van der Waals surface area contributed by atoms with Crippen molar-refractivity contribution in [2.24, 2.45) is 0 Å². The smallest absolute Gasteiger partial charge is 0.255 e. The number of hydrogen-bond donors (Lipinski definition) is 1. The molecule has 22 heavy (non-hydrogen) atoms. The van der Waals surface area contributed by atoms with Crippen LogP contribution < -0.4 is 10.1 Å². The second kappa shape index (κ2) is 6.00. The monoisotopic (exact) mass is 296 g/mol. The molecule has 8 heteroatoms. The summed E-state index contributed by atoms with van der Waals surface area (Å²) < 4.78 is 6.51. The first kappa shape index (κ1) is 13.7. The Balaban J connectivity index is 1.74. The number of hydrogen-bond acceptors (Lipinski definition) is 6. The van der Waals surface area contributed by atoms with E-state index in [-0.39, 0.29) is 5.91 Å². The highest BCUT2D eigenvalue weighted by Gasteiger charge is 2.09. The number of carbonyl (C=O) groups excluding carboxylic acids is 1. The van der Waals surface area contributed by atoms with Gasteiger partial charge in [0, 0.05) is 30.2 Å². The van der Waals surface area contributed by atoms with Gasteiger partial charge in [-0.3, -0.25) is 4.79 Å². The van der Waals surface area contributed by atoms with Gasteiger partial charge in [0.05, 0.1) is 25.2 Å². The zero-order chi connectivity index (χ0) is 15.4. The van der Waals surface area contributed by atoms with Crippen molar-refractivity contribution >= 4 is 11.6 Å². The molecular weight excluding hydrogens is 284 g/mol. The molecule has 0 spiro atoms. The third-order valence-electron chi connectivity index (χ3n) is 2.81. The summed E-state index contributed by atoms with van der Waals surface area (Å²) >= 11 is 0. The molecule has 1 amide bonds. The number of ether oxygens (including phenoxy) is 1. The van der Waals surface area contributed by atoms with E-state index in [0.717, 1.165) is 0 Å². The summed E-state index contributed by atoms with van der Waals surface area (Å²) in [5.74, 6) is 0.502. The van der Waals surface area contributed by atoms with Gasteiger partial charge in [-0.05, 0) is 12.1 Å². The summed E-state index contributed by atoms with van der Waals surface area (Å²) in [4.78, 5) is 24.4. The number of nitrogens with zero attached hydrogens (tertiary/aromatic N) is 5. The number of amides is 1. The molecule has 0 saturated heterocycles. The van der Waals surface area contributed by atoms with Crippen LogP contribution >= 0.6 is 0 Å². The van der Waals surface area contributed by atoms with Crippen LogP contribution in [0.15, 0.2) is 49.2 Å². The fraction of sp³-hybridized carbons (Fsp3) is 0.0714. The van der Waals surface area contributed by atoms with Gasteiger partial charge in [-0.2, -0.15) is 5.10 Å². The van der Waals surface area contributed by atoms with Gasteiger partial charge in [-0.1, -0.05) is 0 Å². The van der Waals surface area contributed by atoms with Gasteiger partial charge in [0.1, 0.15) is 0 Å². The quantitative estimate of drug-likeness (QED) is 0.780. The molecule has 0 saturated carbocycles. The van der Waals surface area contributed by atoms with E-state index in [9.17, 15) is 4.79 Å². The lowest BCUT2D eigenvalue weighted by Crippen LogP contribution is -2.13. The summed E-state index contributed by atoms with van der Waals surface area (Å²) in [6, 6.07) is 4.92. The number of pyridine rings is 1. The summed E-state index contributed by atoms with van der Waals surface area (Å²) in [7, 11) is 1.49. The van der Waals surface area contributed by atoms with Crippen LogP contribution in [-0.2, 0) is 0 Å². The molecule has 8 nitrogen and oxygen atoms in total. The summed E-state index contributed by atoms with van der Waals surface area (Å²) in [6.45, 7) is 0. The normalized spacial score (nSPS) is 10.2. The van der Waals surface area contributed by atoms with E-state index >= 15 is 0 Å². The number of anilines is 1. The SMILES string of the molecule is COc1cc(C(=O)Nc2cnc(-n3cccn3)nc2)ccn1. The first-order valence-electron chi connectivity index (χ1n) is 6.40. The second-order valence-electron chi connectivity index (χ2n) is 4.26. The topological polar surface area (TPSA) is 94.8 Å². The van der Waals surface area contributed by atoms with Crippen LogP contribution in [0.25, 0.3) is 5.95 Å². The average molecular weight is 296 g/mol. The minimum Gasteiger partial charge on any atom is -0.481 e. The molecule has 110 valence electrons. The molecule has 3 heterocycles. The molecule has 0 aromatic carbocycles. The third-order valence-corrected chi connectivity index (χ3v) is 2.81. The molecule has 0 unspecified atom stereocenters. The van der Waals surface area contributed by atoms with Crippen LogP contribution in [0, 0.1) is 0 Å². The van der Waals surface area contributed by atoms with E-state index in [2.05, 4.69) is 25.4 Å². The van der Waals surface area contributed by atoms with Crippen LogP contribution in [0.5, 0.6) is 5.88 Å². The van der Waals surface area contributed by atoms with Gasteiger partial charge in [0.25, 0.3) is 11.9 Å². The Labute approximate surface area is 125 Å². The predicted molar refractivity (Wildman–Crippen MR) is 77.9 cm³/mol. The highest BCUT2D eigenvalue weighted by Crippen LogP contribution is 2.12. The molecule has 0 bridgehead atoms. The molecule has 0 fully saturated rings. The Bertz CT molecular complexity index is 770. The summed E-state index contributed by atoms with van der Waals surface area (Å²) in [6.07, 6.45) is 7.90. The standard InChI is InChI=1S/C14H12N6O2/c1-22-12-7-10(3-5-15-12)13(21)19-11-8-16-14(17-9-11)20-6-2-4-18-20/h2-9H,1H3,(H,19,21). The average Bonchev–Trinajstić information content (AvgIpc) is 3.10. The number of aromatic nitrogens is 5. The highest BCUT2D eigenvalue weighted by molar-refractivity contribution is 6.04. The number of nitrogens with one attached hydrogen (secondary N) is 1. The van der Waals surface area contributed by atoms with Crippen LogP contribution in [-0.4, -0.2) is 37.7 Å². The van der Waals surface area contributed by atoms with Crippen molar-refractivity contribution in [2.75, 3.05) is 12.4 Å². The Morgan fingerprint density at radius 3 is 2.73 bits per heavy atom. The van der Waals surface area contributed by atoms with E-state index in [4.69, 9.17) is 4.74 Å². The zero-order valence-electron chi connectivity index (χ0n) is 11.7. The van der Waals surface area contributed by atoms with Crippen LogP contribution in [0.3, 0.4) is 0 Å². The van der Waals surface area contributed by atoms with Crippen LogP contribution in [0.1, 0.15) is 10.4 Å². The third kappa shape index (κ3) is 2.90. The van der Waals surface area contributed by atoms with E-state index in [1.165, 1.54) is 30.4 Å². The van der Waals surface area contributed by atoms with Crippen LogP contribution in [0.4, 0.5) is 5.69 Å². The fourth-order valence-corrected chi connectivity index (χ4v) is 1.76. The van der Waals surface area contributed by atoms with E-state index in [0.29, 0.717) is 23.1 Å². The molecule has 3 rings (SSSR count). The van der Waals surface area contributed by atoms with Gasteiger partial charge in [-0.25, -0.2) is 19.6 Å². The molecule has 3 aromatic rings. The van der Waals surface area contributed by atoms with Gasteiger partial charge < -0.3 is 10.1 Å². The minimum atomic E-state index is -0.295. The number of carbonyl (C=O) groups is 1. The van der Waals surface area contributed by atoms with Crippen molar-refractivity contribution < 1.29 is 9.53 Å². The lowest BCUT2D eigenvalue weighted by atomic mass is 10.2. The molecule has 3 aromatic heterocycles. The molecule has 0 radical (unpaired) electrons. The lowest BCUT2D eigenvalue weighted by molar-refractivity contribution is 0.102. The Morgan fingerprint density at radius 2 is 2.05 bits per heavy atom. The molecule has 0 atom stereocenters. The van der Waals surface area contributed by atoms with Crippen molar-refractivity contribution in [3.05, 3.63) is 54.7 Å². The maximum Gasteiger partial charge on any atom is 0.255 e. The maximum atomic E-state index is 12.1. The van der Waals surface area contributed by atoms with Crippen molar-refractivity contribution in [2.45, 2.75) is 0 Å². The molecule has 0 aliphatic rings. The molecule has 0 aliphatic carbocycles. The van der Waals surface area contributed by atoms with Crippen LogP contribution in [0.2, 0.25) is 0 Å². The van der Waals surface area contributed by atoms with E-state index in [1.807, 2.05) is 0 Å². The summed E-state index contributed by atoms with van der Waals surface area (Å²) in [5.41, 5.74) is 0.916. The van der Waals surface area contributed by atoms with Crippen molar-refractivity contribution in [1.29, 1.82) is 0 Å². The number of rotatable bonds is 4. The second-order valence-corrected chi connectivity index (χ2v) is 4.26. The molecule has 0 aliphatic heterocycles. The van der Waals surface area contributed by atoms with Crippen molar-refractivity contribution in [3.8, 4) is 11.8 Å². The lowest BCUT2D eigenvalue weighted by Gasteiger charge is -2.06. The largest absolute Gasteiger partial charge is 0.481 e. The van der Waals surface area contributed by atoms with Crippen molar-refractivity contribution in [3.63, 3.8) is 0 Å². The van der Waals surface area contributed by atoms with E-state index < -0.39 is 0 Å². The Kier molecular flexibility index (Phi) is 3.73. The van der Waals surface area contributed by atoms with Gasteiger partial charge in [0.2, 0.25) is 5.88 Å². The van der Waals surface area contributed by atoms with Crippen molar-refractivity contribution in [1.82, 2.24) is 24.7 Å². The van der Waals surface area contributed by atoms with Gasteiger partial charge >= 0.3 is 0 Å². The molecular formula is C14H12N6O2. The Hall–Kier alpha value is -3.29. The predicted octanol–water partition coefficient (Wildman–Crippen LogP) is 1.32. The van der Waals surface area contributed by atoms with Gasteiger partial charge in [-0.15, -0.1) is 0 Å². The maximum absolute atomic E-state index is 12.1. The first-order valence-corrected chi connectivity index (χ1v) is 6.40. The van der Waals surface area contributed by atoms with E-state index in [1.54, 1.807) is 30.6 Å². The molecule has 1 N–H and O–H groups in total. The Morgan fingerprint density at radius 1 is 1.23 bits per heavy atom. The number of methoxy groups -OCH3 is 1. The minimum absolute atomic E-state index is 0.295. The fourth-order valence-electron chi connectivity index (χ4n) is 1.76. The van der Waals surface area contributed by atoms with Gasteiger partial charge in [0.15, 0.2) is 0 Å². The first-order chi connectivity index (χ1) is 10.8.